The van der Waals surface area contributed by atoms with Gasteiger partial charge in [0, 0.05) is 6.54 Å². The van der Waals surface area contributed by atoms with Crippen molar-refractivity contribution >= 4 is 0 Å². The number of aliphatic hydroxyl groups is 2. The van der Waals surface area contributed by atoms with Gasteiger partial charge in [-0.05, 0) is 36.6 Å². The summed E-state index contributed by atoms with van der Waals surface area (Å²) in [5.41, 5.74) is 3.44. The minimum absolute atomic E-state index is 0.0648. The molecule has 0 unspecified atom stereocenters. The highest BCUT2D eigenvalue weighted by Crippen LogP contribution is 2.23. The highest BCUT2D eigenvalue weighted by Gasteiger charge is 2.09. The van der Waals surface area contributed by atoms with Gasteiger partial charge in [0.25, 0.3) is 0 Å². The fraction of sp³-hybridized carbons (Fsp3) is 0.538. The van der Waals surface area contributed by atoms with E-state index in [0.29, 0.717) is 6.54 Å². The van der Waals surface area contributed by atoms with Crippen molar-refractivity contribution in [3.8, 4) is 5.75 Å². The minimum atomic E-state index is -0.267. The van der Waals surface area contributed by atoms with Crippen molar-refractivity contribution in [3.63, 3.8) is 0 Å². The van der Waals surface area contributed by atoms with Gasteiger partial charge in [-0.1, -0.05) is 6.07 Å². The Morgan fingerprint density at radius 2 is 1.82 bits per heavy atom. The van der Waals surface area contributed by atoms with Gasteiger partial charge in [-0.3, -0.25) is 0 Å². The molecule has 0 saturated heterocycles. The van der Waals surface area contributed by atoms with E-state index >= 15 is 0 Å². The molecule has 0 bridgehead atoms. The van der Waals surface area contributed by atoms with Crippen molar-refractivity contribution < 1.29 is 14.9 Å². The van der Waals surface area contributed by atoms with Gasteiger partial charge < -0.3 is 20.3 Å². The van der Waals surface area contributed by atoms with Gasteiger partial charge in [-0.2, -0.15) is 0 Å². The Hall–Kier alpha value is -1.10. The topological polar surface area (TPSA) is 61.7 Å². The van der Waals surface area contributed by atoms with Gasteiger partial charge in [-0.25, -0.2) is 0 Å². The third kappa shape index (κ3) is 3.43. The molecular formula is C13H21NO3. The molecule has 0 spiro atoms. The van der Waals surface area contributed by atoms with Crippen LogP contribution in [0.3, 0.4) is 0 Å². The molecule has 1 aromatic rings. The first-order chi connectivity index (χ1) is 8.13. The molecule has 0 radical (unpaired) electrons. The summed E-state index contributed by atoms with van der Waals surface area (Å²) >= 11 is 0. The quantitative estimate of drug-likeness (QED) is 0.685. The molecule has 17 heavy (non-hydrogen) atoms. The Morgan fingerprint density at radius 3 is 2.35 bits per heavy atom. The van der Waals surface area contributed by atoms with Crippen molar-refractivity contribution in [2.75, 3.05) is 20.3 Å². The van der Waals surface area contributed by atoms with E-state index in [-0.39, 0.29) is 19.3 Å². The van der Waals surface area contributed by atoms with Crippen LogP contribution in [0.4, 0.5) is 0 Å². The lowest BCUT2D eigenvalue weighted by Gasteiger charge is -2.16. The third-order valence-electron chi connectivity index (χ3n) is 3.09. The molecule has 0 atom stereocenters. The highest BCUT2D eigenvalue weighted by atomic mass is 16.5. The van der Waals surface area contributed by atoms with Gasteiger partial charge in [0.15, 0.2) is 0 Å². The van der Waals surface area contributed by atoms with Crippen LogP contribution in [-0.2, 0) is 6.54 Å². The molecule has 0 fully saturated rings. The predicted molar refractivity (Wildman–Crippen MR) is 67.3 cm³/mol. The van der Waals surface area contributed by atoms with Gasteiger partial charge in [-0.15, -0.1) is 0 Å². The lowest BCUT2D eigenvalue weighted by molar-refractivity contribution is 0.170. The van der Waals surface area contributed by atoms with Crippen molar-refractivity contribution in [1.29, 1.82) is 0 Å². The average molecular weight is 239 g/mol. The molecule has 1 aromatic carbocycles. The van der Waals surface area contributed by atoms with Crippen LogP contribution in [0.5, 0.6) is 5.75 Å². The first-order valence-corrected chi connectivity index (χ1v) is 5.72. The summed E-state index contributed by atoms with van der Waals surface area (Å²) in [6, 6.07) is 3.67. The Bertz CT molecular complexity index is 362. The van der Waals surface area contributed by atoms with E-state index in [0.717, 1.165) is 16.9 Å². The second-order valence-corrected chi connectivity index (χ2v) is 4.12. The summed E-state index contributed by atoms with van der Waals surface area (Å²) in [4.78, 5) is 0. The lowest BCUT2D eigenvalue weighted by atomic mass is 10.0. The van der Waals surface area contributed by atoms with Crippen LogP contribution in [0.2, 0.25) is 0 Å². The second kappa shape index (κ2) is 6.59. The van der Waals surface area contributed by atoms with Crippen LogP contribution in [0.25, 0.3) is 0 Å². The molecule has 0 saturated carbocycles. The molecule has 1 rings (SSSR count). The van der Waals surface area contributed by atoms with E-state index < -0.39 is 0 Å². The Balaban J connectivity index is 2.75. The molecule has 4 heteroatoms. The summed E-state index contributed by atoms with van der Waals surface area (Å²) in [5.74, 6) is 0.882. The summed E-state index contributed by atoms with van der Waals surface area (Å²) in [6.07, 6.45) is 0. The number of hydrogen-bond donors (Lipinski definition) is 3. The molecule has 0 heterocycles. The number of aliphatic hydroxyl groups excluding tert-OH is 2. The third-order valence-corrected chi connectivity index (χ3v) is 3.09. The molecule has 0 aliphatic rings. The number of hydrogen-bond acceptors (Lipinski definition) is 4. The number of rotatable bonds is 6. The van der Waals surface area contributed by atoms with Crippen molar-refractivity contribution in [3.05, 3.63) is 28.8 Å². The number of ether oxygens (including phenoxy) is 1. The lowest BCUT2D eigenvalue weighted by Crippen LogP contribution is -2.35. The Labute approximate surface area is 102 Å². The molecular weight excluding hydrogens is 218 g/mol. The van der Waals surface area contributed by atoms with Crippen LogP contribution in [0, 0.1) is 13.8 Å². The first-order valence-electron chi connectivity index (χ1n) is 5.72. The molecule has 3 N–H and O–H groups in total. The number of benzene rings is 1. The van der Waals surface area contributed by atoms with Crippen LogP contribution in [-0.4, -0.2) is 36.6 Å². The van der Waals surface area contributed by atoms with E-state index in [1.54, 1.807) is 7.11 Å². The molecule has 96 valence electrons. The molecule has 0 aromatic heterocycles. The fourth-order valence-electron chi connectivity index (χ4n) is 1.71. The maximum Gasteiger partial charge on any atom is 0.122 e. The van der Waals surface area contributed by atoms with Gasteiger partial charge in [0.05, 0.1) is 26.4 Å². The summed E-state index contributed by atoms with van der Waals surface area (Å²) in [6.45, 7) is 4.56. The maximum absolute atomic E-state index is 8.97. The average Bonchev–Trinajstić information content (AvgIpc) is 2.35. The molecule has 0 aliphatic heterocycles. The van der Waals surface area contributed by atoms with Crippen LogP contribution < -0.4 is 10.1 Å². The minimum Gasteiger partial charge on any atom is -0.496 e. The first kappa shape index (κ1) is 14.0. The molecule has 0 aliphatic carbocycles. The van der Waals surface area contributed by atoms with E-state index in [1.807, 2.05) is 26.0 Å². The molecule has 0 amide bonds. The Morgan fingerprint density at radius 1 is 1.18 bits per heavy atom. The Kier molecular flexibility index (Phi) is 5.41. The van der Waals surface area contributed by atoms with Gasteiger partial charge in [0.2, 0.25) is 0 Å². The summed E-state index contributed by atoms with van der Waals surface area (Å²) in [5, 5.41) is 21.0. The largest absolute Gasteiger partial charge is 0.496 e. The summed E-state index contributed by atoms with van der Waals surface area (Å²) < 4.78 is 5.25. The van der Waals surface area contributed by atoms with E-state index in [9.17, 15) is 0 Å². The monoisotopic (exact) mass is 239 g/mol. The summed E-state index contributed by atoms with van der Waals surface area (Å²) in [7, 11) is 1.66. The van der Waals surface area contributed by atoms with Crippen LogP contribution >= 0.6 is 0 Å². The van der Waals surface area contributed by atoms with Gasteiger partial charge in [0.1, 0.15) is 5.75 Å². The standard InChI is InChI=1S/C13H21NO3/c1-9-10(2)13(17-3)5-4-11(9)6-14-12(7-15)8-16/h4-5,12,14-16H,6-8H2,1-3H3. The molecule has 4 nitrogen and oxygen atoms in total. The normalized spacial score (nSPS) is 10.9. The van der Waals surface area contributed by atoms with E-state index in [1.165, 1.54) is 5.56 Å². The van der Waals surface area contributed by atoms with Crippen molar-refractivity contribution in [2.45, 2.75) is 26.4 Å². The maximum atomic E-state index is 8.97. The zero-order valence-electron chi connectivity index (χ0n) is 10.7. The number of nitrogens with one attached hydrogen (secondary N) is 1. The zero-order chi connectivity index (χ0) is 12.8. The SMILES string of the molecule is COc1ccc(CNC(CO)CO)c(C)c1C. The smallest absolute Gasteiger partial charge is 0.122 e. The fourth-order valence-corrected chi connectivity index (χ4v) is 1.71. The van der Waals surface area contributed by atoms with Crippen molar-refractivity contribution in [1.82, 2.24) is 5.32 Å². The van der Waals surface area contributed by atoms with Crippen LogP contribution in [0.15, 0.2) is 12.1 Å². The van der Waals surface area contributed by atoms with Gasteiger partial charge >= 0.3 is 0 Å². The van der Waals surface area contributed by atoms with Crippen LogP contribution in [0.1, 0.15) is 16.7 Å². The van der Waals surface area contributed by atoms with E-state index in [2.05, 4.69) is 5.32 Å². The predicted octanol–water partition coefficient (Wildman–Crippen LogP) is 0.755. The number of methoxy groups -OCH3 is 1. The zero-order valence-corrected chi connectivity index (χ0v) is 10.7. The second-order valence-electron chi connectivity index (χ2n) is 4.12. The highest BCUT2D eigenvalue weighted by molar-refractivity contribution is 5.43. The van der Waals surface area contributed by atoms with Crippen molar-refractivity contribution in [2.24, 2.45) is 0 Å². The van der Waals surface area contributed by atoms with E-state index in [4.69, 9.17) is 14.9 Å².